The van der Waals surface area contributed by atoms with Crippen molar-refractivity contribution in [1.29, 1.82) is 5.26 Å². The van der Waals surface area contributed by atoms with Gasteiger partial charge < -0.3 is 5.11 Å². The molecule has 0 aromatic rings. The van der Waals surface area contributed by atoms with Crippen molar-refractivity contribution in [2.24, 2.45) is 0 Å². The zero-order valence-electron chi connectivity index (χ0n) is 4.87. The summed E-state index contributed by atoms with van der Waals surface area (Å²) in [6.45, 7) is 0.568. The van der Waals surface area contributed by atoms with Gasteiger partial charge in [-0.1, -0.05) is 0 Å². The Labute approximate surface area is 60.1 Å². The molecule has 1 rings (SSSR count). The van der Waals surface area contributed by atoms with Crippen LogP contribution in [0.2, 0.25) is 0 Å². The van der Waals surface area contributed by atoms with Gasteiger partial charge in [0.05, 0.1) is 18.2 Å². The number of β-amino-alcohol motifs (C(OH)–C–C–N with tert-alkyl or cyclic N) is 1. The normalized spacial score (nSPS) is 32.9. The Balaban J connectivity index is 0.000000640. The molecule has 52 valence electrons. The van der Waals surface area contributed by atoms with Crippen molar-refractivity contribution in [3.8, 4) is 6.07 Å². The van der Waals surface area contributed by atoms with Crippen LogP contribution in [0.4, 0.5) is 0 Å². The van der Waals surface area contributed by atoms with Crippen LogP contribution < -0.4 is 5.32 Å². The minimum absolute atomic E-state index is 0. The highest BCUT2D eigenvalue weighted by atomic mass is 35.5. The van der Waals surface area contributed by atoms with Crippen molar-refractivity contribution in [2.75, 3.05) is 6.54 Å². The van der Waals surface area contributed by atoms with E-state index in [9.17, 15) is 0 Å². The van der Waals surface area contributed by atoms with E-state index in [0.29, 0.717) is 13.0 Å². The van der Waals surface area contributed by atoms with E-state index < -0.39 is 0 Å². The standard InChI is InChI=1S/C5H8N2O.ClH/c6-2-4-1-5(8)3-7-4;/h4-5,7-8H,1,3H2;1H/t4-,5+;/m1./s1. The van der Waals surface area contributed by atoms with Crippen LogP contribution in [-0.2, 0) is 0 Å². The van der Waals surface area contributed by atoms with Gasteiger partial charge in [0, 0.05) is 13.0 Å². The largest absolute Gasteiger partial charge is 0.392 e. The molecule has 4 heteroatoms. The molecule has 0 aliphatic carbocycles. The van der Waals surface area contributed by atoms with Crippen molar-refractivity contribution < 1.29 is 5.11 Å². The molecule has 0 amide bonds. The summed E-state index contributed by atoms with van der Waals surface area (Å²) >= 11 is 0. The minimum atomic E-state index is -0.306. The van der Waals surface area contributed by atoms with E-state index in [1.807, 2.05) is 6.07 Å². The van der Waals surface area contributed by atoms with Crippen LogP contribution in [0.15, 0.2) is 0 Å². The summed E-state index contributed by atoms with van der Waals surface area (Å²) in [6, 6.07) is 1.90. The number of hydrogen-bond acceptors (Lipinski definition) is 3. The summed E-state index contributed by atoms with van der Waals surface area (Å²) in [4.78, 5) is 0. The summed E-state index contributed by atoms with van der Waals surface area (Å²) < 4.78 is 0. The molecule has 3 nitrogen and oxygen atoms in total. The summed E-state index contributed by atoms with van der Waals surface area (Å²) in [5.74, 6) is 0. The van der Waals surface area contributed by atoms with E-state index in [4.69, 9.17) is 10.4 Å². The Hall–Kier alpha value is -0.300. The average molecular weight is 149 g/mol. The number of nitriles is 1. The third-order valence-electron chi connectivity index (χ3n) is 1.26. The molecule has 0 unspecified atom stereocenters. The fourth-order valence-corrected chi connectivity index (χ4v) is 0.815. The highest BCUT2D eigenvalue weighted by Crippen LogP contribution is 2.03. The van der Waals surface area contributed by atoms with Crippen LogP contribution in [0.5, 0.6) is 0 Å². The van der Waals surface area contributed by atoms with Crippen molar-refractivity contribution in [1.82, 2.24) is 5.32 Å². The molecule has 2 atom stereocenters. The highest BCUT2D eigenvalue weighted by molar-refractivity contribution is 5.85. The van der Waals surface area contributed by atoms with E-state index in [0.717, 1.165) is 0 Å². The zero-order valence-corrected chi connectivity index (χ0v) is 5.69. The average Bonchev–Trinajstić information content (AvgIpc) is 2.14. The van der Waals surface area contributed by atoms with Crippen molar-refractivity contribution in [2.45, 2.75) is 18.6 Å². The molecular weight excluding hydrogens is 140 g/mol. The molecule has 0 bridgehead atoms. The second-order valence-electron chi connectivity index (χ2n) is 1.98. The molecule has 0 radical (unpaired) electrons. The molecule has 0 spiro atoms. The second kappa shape index (κ2) is 3.67. The van der Waals surface area contributed by atoms with Crippen LogP contribution in [0, 0.1) is 11.3 Å². The Kier molecular flexibility index (Phi) is 3.55. The van der Waals surface area contributed by atoms with Crippen LogP contribution in [0.1, 0.15) is 6.42 Å². The zero-order chi connectivity index (χ0) is 5.98. The molecule has 1 fully saturated rings. The number of nitrogens with one attached hydrogen (secondary N) is 1. The lowest BCUT2D eigenvalue weighted by Gasteiger charge is -1.92. The van der Waals surface area contributed by atoms with E-state index in [1.165, 1.54) is 0 Å². The molecule has 2 N–H and O–H groups in total. The maximum atomic E-state index is 8.82. The first kappa shape index (κ1) is 8.70. The predicted octanol–water partition coefficient (Wildman–Crippen LogP) is -0.345. The maximum absolute atomic E-state index is 8.82. The van der Waals surface area contributed by atoms with Crippen LogP contribution in [0.3, 0.4) is 0 Å². The van der Waals surface area contributed by atoms with Gasteiger partial charge in [0.1, 0.15) is 0 Å². The highest BCUT2D eigenvalue weighted by Gasteiger charge is 2.20. The number of aliphatic hydroxyl groups is 1. The van der Waals surface area contributed by atoms with E-state index in [-0.39, 0.29) is 24.6 Å². The van der Waals surface area contributed by atoms with Crippen LogP contribution >= 0.6 is 12.4 Å². The van der Waals surface area contributed by atoms with E-state index >= 15 is 0 Å². The summed E-state index contributed by atoms with van der Waals surface area (Å²) in [5, 5.41) is 19.9. The molecule has 9 heavy (non-hydrogen) atoms. The quantitative estimate of drug-likeness (QED) is 0.494. The summed E-state index contributed by atoms with van der Waals surface area (Å²) in [7, 11) is 0. The first-order valence-corrected chi connectivity index (χ1v) is 2.64. The SMILES string of the molecule is Cl.N#C[C@H]1C[C@H](O)CN1. The van der Waals surface area contributed by atoms with Gasteiger partial charge in [0.2, 0.25) is 0 Å². The van der Waals surface area contributed by atoms with Crippen LogP contribution in [-0.4, -0.2) is 23.8 Å². The molecule has 1 aliphatic rings. The molecule has 1 saturated heterocycles. The molecule has 0 aromatic carbocycles. The minimum Gasteiger partial charge on any atom is -0.392 e. The van der Waals surface area contributed by atoms with Gasteiger partial charge in [-0.15, -0.1) is 12.4 Å². The van der Waals surface area contributed by atoms with Crippen molar-refractivity contribution >= 4 is 12.4 Å². The maximum Gasteiger partial charge on any atom is 0.0979 e. The fraction of sp³-hybridized carbons (Fsp3) is 0.800. The number of rotatable bonds is 0. The molecular formula is C5H9ClN2O. The Morgan fingerprint density at radius 1 is 1.67 bits per heavy atom. The number of aliphatic hydroxyl groups excluding tert-OH is 1. The summed E-state index contributed by atoms with van der Waals surface area (Å²) in [5.41, 5.74) is 0. The lowest BCUT2D eigenvalue weighted by Crippen LogP contribution is -2.19. The van der Waals surface area contributed by atoms with Crippen molar-refractivity contribution in [3.63, 3.8) is 0 Å². The first-order chi connectivity index (χ1) is 3.83. The topological polar surface area (TPSA) is 56.0 Å². The Bertz CT molecular complexity index is 123. The van der Waals surface area contributed by atoms with Crippen molar-refractivity contribution in [3.05, 3.63) is 0 Å². The second-order valence-corrected chi connectivity index (χ2v) is 1.98. The Morgan fingerprint density at radius 3 is 2.56 bits per heavy atom. The molecule has 0 aromatic heterocycles. The van der Waals surface area contributed by atoms with E-state index in [2.05, 4.69) is 5.32 Å². The van der Waals surface area contributed by atoms with Gasteiger partial charge >= 0.3 is 0 Å². The number of nitrogens with zero attached hydrogens (tertiary/aromatic N) is 1. The van der Waals surface area contributed by atoms with Crippen LogP contribution in [0.25, 0.3) is 0 Å². The predicted molar refractivity (Wildman–Crippen MR) is 35.3 cm³/mol. The Morgan fingerprint density at radius 2 is 2.33 bits per heavy atom. The van der Waals surface area contributed by atoms with Gasteiger partial charge in [0.25, 0.3) is 0 Å². The smallest absolute Gasteiger partial charge is 0.0979 e. The van der Waals surface area contributed by atoms with E-state index in [1.54, 1.807) is 0 Å². The van der Waals surface area contributed by atoms with Gasteiger partial charge in [0.15, 0.2) is 0 Å². The lowest BCUT2D eigenvalue weighted by atomic mass is 10.2. The molecule has 1 aliphatic heterocycles. The third kappa shape index (κ3) is 2.19. The monoisotopic (exact) mass is 148 g/mol. The van der Waals surface area contributed by atoms with Gasteiger partial charge in [-0.2, -0.15) is 5.26 Å². The molecule has 0 saturated carbocycles. The fourth-order valence-electron chi connectivity index (χ4n) is 0.815. The van der Waals surface area contributed by atoms with Gasteiger partial charge in [-0.05, 0) is 0 Å². The third-order valence-corrected chi connectivity index (χ3v) is 1.26. The molecule has 1 heterocycles. The first-order valence-electron chi connectivity index (χ1n) is 2.64. The summed E-state index contributed by atoms with van der Waals surface area (Å²) in [6.07, 6.45) is 0.274. The van der Waals surface area contributed by atoms with Gasteiger partial charge in [-0.25, -0.2) is 0 Å². The lowest BCUT2D eigenvalue weighted by molar-refractivity contribution is 0.195. The number of hydrogen-bond donors (Lipinski definition) is 2. The van der Waals surface area contributed by atoms with Gasteiger partial charge in [-0.3, -0.25) is 5.32 Å². The number of halogens is 1.